The van der Waals surface area contributed by atoms with Crippen LogP contribution in [0, 0.1) is 0 Å². The Hall–Kier alpha value is -2.47. The van der Waals surface area contributed by atoms with Gasteiger partial charge in [0.25, 0.3) is 11.1 Å². The molecule has 7 heteroatoms. The molecule has 0 radical (unpaired) electrons. The highest BCUT2D eigenvalue weighted by Crippen LogP contribution is 2.38. The van der Waals surface area contributed by atoms with Gasteiger partial charge in [0.05, 0.1) is 16.5 Å². The Morgan fingerprint density at radius 1 is 1.04 bits per heavy atom. The van der Waals surface area contributed by atoms with Crippen molar-refractivity contribution >= 4 is 63.0 Å². The second-order valence-electron chi connectivity index (χ2n) is 6.23. The number of benzene rings is 3. The van der Waals surface area contributed by atoms with Crippen LogP contribution in [0.15, 0.2) is 59.5 Å². The number of thioether (sulfide) groups is 1. The molecule has 140 valence electrons. The molecule has 1 heterocycles. The minimum absolute atomic E-state index is 0.0775. The zero-order valence-corrected chi connectivity index (χ0v) is 16.7. The molecule has 28 heavy (non-hydrogen) atoms. The van der Waals surface area contributed by atoms with E-state index < -0.39 is 5.91 Å². The topological polar surface area (TPSA) is 57.6 Å². The van der Waals surface area contributed by atoms with Crippen molar-refractivity contribution in [3.05, 3.63) is 80.7 Å². The Kier molecular flexibility index (Phi) is 5.06. The Balaban J connectivity index is 1.66. The van der Waals surface area contributed by atoms with E-state index in [2.05, 4.69) is 0 Å². The van der Waals surface area contributed by atoms with Crippen LogP contribution in [0.25, 0.3) is 16.8 Å². The van der Waals surface area contributed by atoms with Gasteiger partial charge in [-0.25, -0.2) is 0 Å². The summed E-state index contributed by atoms with van der Waals surface area (Å²) in [7, 11) is 0. The number of carbonyl (C=O) groups is 2. The van der Waals surface area contributed by atoms with E-state index in [9.17, 15) is 14.7 Å². The maximum atomic E-state index is 12.8. The molecule has 3 aromatic rings. The highest BCUT2D eigenvalue weighted by molar-refractivity contribution is 8.18. The lowest BCUT2D eigenvalue weighted by Gasteiger charge is -2.14. The van der Waals surface area contributed by atoms with Gasteiger partial charge in [-0.2, -0.15) is 0 Å². The van der Waals surface area contributed by atoms with E-state index in [1.165, 1.54) is 23.1 Å². The molecule has 0 atom stereocenters. The van der Waals surface area contributed by atoms with Crippen molar-refractivity contribution < 1.29 is 14.7 Å². The fourth-order valence-electron chi connectivity index (χ4n) is 3.07. The molecule has 4 nitrogen and oxygen atoms in total. The van der Waals surface area contributed by atoms with Crippen molar-refractivity contribution in [1.82, 2.24) is 4.90 Å². The molecule has 1 N–H and O–H groups in total. The second kappa shape index (κ2) is 7.51. The van der Waals surface area contributed by atoms with Gasteiger partial charge in [-0.15, -0.1) is 0 Å². The van der Waals surface area contributed by atoms with E-state index in [4.69, 9.17) is 23.2 Å². The molecule has 4 rings (SSSR count). The second-order valence-corrected chi connectivity index (χ2v) is 8.07. The lowest BCUT2D eigenvalue weighted by molar-refractivity contribution is -0.123. The number of imide groups is 1. The predicted molar refractivity (Wildman–Crippen MR) is 114 cm³/mol. The van der Waals surface area contributed by atoms with Crippen molar-refractivity contribution in [2.45, 2.75) is 6.54 Å². The minimum atomic E-state index is -0.418. The summed E-state index contributed by atoms with van der Waals surface area (Å²) in [6.45, 7) is 0.172. The Labute approximate surface area is 175 Å². The summed E-state index contributed by atoms with van der Waals surface area (Å²) in [6, 6.07) is 16.5. The number of nitrogens with zero attached hydrogens (tertiary/aromatic N) is 1. The van der Waals surface area contributed by atoms with Crippen molar-refractivity contribution in [3.63, 3.8) is 0 Å². The van der Waals surface area contributed by atoms with E-state index in [-0.39, 0.29) is 33.0 Å². The molecule has 0 saturated carbocycles. The van der Waals surface area contributed by atoms with Crippen molar-refractivity contribution in [1.29, 1.82) is 0 Å². The molecule has 1 fully saturated rings. The molecule has 0 unspecified atom stereocenters. The first kappa shape index (κ1) is 18.9. The number of carbonyl (C=O) groups excluding carboxylic acids is 2. The molecule has 0 bridgehead atoms. The number of amides is 2. The van der Waals surface area contributed by atoms with Crippen LogP contribution < -0.4 is 0 Å². The monoisotopic (exact) mass is 429 g/mol. The van der Waals surface area contributed by atoms with Crippen molar-refractivity contribution in [3.8, 4) is 5.75 Å². The summed E-state index contributed by atoms with van der Waals surface area (Å²) in [5.74, 6) is -0.606. The van der Waals surface area contributed by atoms with Gasteiger partial charge in [-0.3, -0.25) is 14.5 Å². The standard InChI is InChI=1S/C21H13Cl2NO3S/c22-15-8-14(19(25)17(23)10-15)9-18-20(26)24(21(27)28-18)11-13-6-3-5-12-4-1-2-7-16(12)13/h1-10,25H,11H2/b18-9-. The smallest absolute Gasteiger partial charge is 0.293 e. The molecule has 0 aromatic heterocycles. The predicted octanol–water partition coefficient (Wildman–Crippen LogP) is 6.09. The van der Waals surface area contributed by atoms with Crippen molar-refractivity contribution in [2.75, 3.05) is 0 Å². The molecule has 1 saturated heterocycles. The number of halogens is 2. The SMILES string of the molecule is O=C1S/C(=C\c2cc(Cl)cc(Cl)c2O)C(=O)N1Cc1cccc2ccccc12. The largest absolute Gasteiger partial charge is 0.506 e. The molecule has 1 aliphatic heterocycles. The molecular weight excluding hydrogens is 417 g/mol. The third-order valence-corrected chi connectivity index (χ3v) is 5.84. The Morgan fingerprint density at radius 2 is 1.79 bits per heavy atom. The molecule has 2 amide bonds. The number of phenolic OH excluding ortho intramolecular Hbond substituents is 1. The average molecular weight is 430 g/mol. The van der Waals surface area contributed by atoms with E-state index >= 15 is 0 Å². The van der Waals surface area contributed by atoms with Crippen molar-refractivity contribution in [2.24, 2.45) is 0 Å². The number of hydrogen-bond donors (Lipinski definition) is 1. The number of rotatable bonds is 3. The van der Waals surface area contributed by atoms with Gasteiger partial charge < -0.3 is 5.11 Å². The summed E-state index contributed by atoms with van der Waals surface area (Å²) in [6.07, 6.45) is 1.43. The van der Waals surface area contributed by atoms with Gasteiger partial charge in [0, 0.05) is 10.6 Å². The minimum Gasteiger partial charge on any atom is -0.506 e. The van der Waals surface area contributed by atoms with E-state index in [1.807, 2.05) is 42.5 Å². The normalized spacial score (nSPS) is 15.8. The molecule has 0 aliphatic carbocycles. The van der Waals surface area contributed by atoms with Crippen LogP contribution >= 0.6 is 35.0 Å². The van der Waals surface area contributed by atoms with E-state index in [0.29, 0.717) is 5.02 Å². The van der Waals surface area contributed by atoms with Crippen LogP contribution in [-0.4, -0.2) is 21.2 Å². The third-order valence-electron chi connectivity index (χ3n) is 4.43. The fraction of sp³-hybridized carbons (Fsp3) is 0.0476. The Bertz CT molecular complexity index is 1150. The fourth-order valence-corrected chi connectivity index (χ4v) is 4.41. The number of aromatic hydroxyl groups is 1. The third kappa shape index (κ3) is 3.49. The molecule has 0 spiro atoms. The van der Waals surface area contributed by atoms with Gasteiger partial charge in [0.15, 0.2) is 0 Å². The molecule has 3 aromatic carbocycles. The zero-order valence-electron chi connectivity index (χ0n) is 14.4. The lowest BCUT2D eigenvalue weighted by atomic mass is 10.0. The van der Waals surface area contributed by atoms with Gasteiger partial charge in [0.1, 0.15) is 5.75 Å². The van der Waals surface area contributed by atoms with Crippen LogP contribution in [0.4, 0.5) is 4.79 Å². The summed E-state index contributed by atoms with van der Waals surface area (Å²) in [5, 5.41) is 12.2. The van der Waals surface area contributed by atoms with E-state index in [1.54, 1.807) is 0 Å². The van der Waals surface area contributed by atoms with E-state index in [0.717, 1.165) is 28.1 Å². The first-order valence-corrected chi connectivity index (χ1v) is 9.91. The summed E-state index contributed by atoms with van der Waals surface area (Å²) >= 11 is 12.7. The quantitative estimate of drug-likeness (QED) is 0.511. The summed E-state index contributed by atoms with van der Waals surface area (Å²) < 4.78 is 0. The van der Waals surface area contributed by atoms with Gasteiger partial charge in [0.2, 0.25) is 0 Å². The molecular formula is C21H13Cl2NO3S. The van der Waals surface area contributed by atoms with Crippen LogP contribution in [0.1, 0.15) is 11.1 Å². The van der Waals surface area contributed by atoms with Crippen LogP contribution in [0.3, 0.4) is 0 Å². The van der Waals surface area contributed by atoms with Gasteiger partial charge >= 0.3 is 0 Å². The number of fused-ring (bicyclic) bond motifs is 1. The first-order chi connectivity index (χ1) is 13.4. The maximum absolute atomic E-state index is 12.8. The molecule has 1 aliphatic rings. The zero-order chi connectivity index (χ0) is 19.8. The summed E-state index contributed by atoms with van der Waals surface area (Å²) in [5.41, 5.74) is 1.17. The number of phenols is 1. The highest BCUT2D eigenvalue weighted by Gasteiger charge is 2.35. The van der Waals surface area contributed by atoms with Crippen LogP contribution in [0.5, 0.6) is 5.75 Å². The Morgan fingerprint density at radius 3 is 2.61 bits per heavy atom. The number of hydrogen-bond acceptors (Lipinski definition) is 4. The van der Waals surface area contributed by atoms with Gasteiger partial charge in [-0.05, 0) is 46.3 Å². The van der Waals surface area contributed by atoms with Gasteiger partial charge in [-0.1, -0.05) is 65.7 Å². The lowest BCUT2D eigenvalue weighted by Crippen LogP contribution is -2.27. The first-order valence-electron chi connectivity index (χ1n) is 8.34. The highest BCUT2D eigenvalue weighted by atomic mass is 35.5. The van der Waals surface area contributed by atoms with Crippen LogP contribution in [-0.2, 0) is 11.3 Å². The van der Waals surface area contributed by atoms with Crippen LogP contribution in [0.2, 0.25) is 10.0 Å². The average Bonchev–Trinajstić information content (AvgIpc) is 2.93. The summed E-state index contributed by atoms with van der Waals surface area (Å²) in [4.78, 5) is 26.7. The maximum Gasteiger partial charge on any atom is 0.293 e.